The second-order valence-electron chi connectivity index (χ2n) is 9.99. The molecule has 0 aliphatic carbocycles. The molecule has 4 aromatic carbocycles. The third-order valence-electron chi connectivity index (χ3n) is 7.68. The van der Waals surface area contributed by atoms with Crippen molar-refractivity contribution in [1.82, 2.24) is 18.9 Å². The van der Waals surface area contributed by atoms with E-state index in [0.717, 1.165) is 39.0 Å². The Hall–Kier alpha value is -5.48. The highest BCUT2D eigenvalue weighted by Gasteiger charge is 2.16. The molecule has 40 heavy (non-hydrogen) atoms. The van der Waals surface area contributed by atoms with Crippen LogP contribution in [0.15, 0.2) is 146 Å². The molecule has 0 aliphatic heterocycles. The maximum Gasteiger partial charge on any atom is 0.161 e. The van der Waals surface area contributed by atoms with Gasteiger partial charge in [-0.05, 0) is 47.5 Å². The summed E-state index contributed by atoms with van der Waals surface area (Å²) >= 11 is 0. The number of benzene rings is 4. The van der Waals surface area contributed by atoms with Crippen LogP contribution in [0.4, 0.5) is 0 Å². The molecule has 0 amide bonds. The fraction of sp³-hybridized carbons (Fsp3) is 0. The second-order valence-corrected chi connectivity index (χ2v) is 9.99. The molecule has 4 heterocycles. The molecular formula is C36H24N4. The van der Waals surface area contributed by atoms with Crippen LogP contribution in [0.1, 0.15) is 0 Å². The molecular weight excluding hydrogens is 488 g/mol. The van der Waals surface area contributed by atoms with Gasteiger partial charge in [0.25, 0.3) is 0 Å². The van der Waals surface area contributed by atoms with E-state index in [1.165, 1.54) is 21.8 Å². The predicted octanol–water partition coefficient (Wildman–Crippen LogP) is 8.83. The van der Waals surface area contributed by atoms with Gasteiger partial charge in [0, 0.05) is 57.9 Å². The van der Waals surface area contributed by atoms with E-state index in [2.05, 4.69) is 131 Å². The summed E-state index contributed by atoms with van der Waals surface area (Å²) in [4.78, 5) is 9.66. The topological polar surface area (TPSA) is 35.1 Å². The molecule has 0 spiro atoms. The van der Waals surface area contributed by atoms with E-state index in [4.69, 9.17) is 9.97 Å². The van der Waals surface area contributed by atoms with E-state index in [-0.39, 0.29) is 0 Å². The number of rotatable bonds is 4. The van der Waals surface area contributed by atoms with E-state index < -0.39 is 0 Å². The van der Waals surface area contributed by atoms with E-state index in [9.17, 15) is 0 Å². The number of para-hydroxylation sites is 2. The van der Waals surface area contributed by atoms with Crippen LogP contribution in [-0.4, -0.2) is 18.9 Å². The van der Waals surface area contributed by atoms with Gasteiger partial charge in [-0.15, -0.1) is 0 Å². The lowest BCUT2D eigenvalue weighted by Gasteiger charge is -2.09. The van der Waals surface area contributed by atoms with Gasteiger partial charge in [0.05, 0.1) is 16.6 Å². The maximum absolute atomic E-state index is 4.83. The van der Waals surface area contributed by atoms with Gasteiger partial charge in [0.15, 0.2) is 5.82 Å². The lowest BCUT2D eigenvalue weighted by Crippen LogP contribution is -1.94. The van der Waals surface area contributed by atoms with Gasteiger partial charge in [0.1, 0.15) is 0 Å². The Labute approximate surface area is 231 Å². The van der Waals surface area contributed by atoms with Crippen LogP contribution >= 0.6 is 0 Å². The Morgan fingerprint density at radius 1 is 0.475 bits per heavy atom. The maximum atomic E-state index is 4.83. The van der Waals surface area contributed by atoms with Gasteiger partial charge in [-0.25, -0.2) is 9.97 Å². The number of fused-ring (bicyclic) bond motifs is 4. The fourth-order valence-electron chi connectivity index (χ4n) is 5.82. The molecule has 0 atom stereocenters. The Balaban J connectivity index is 1.17. The van der Waals surface area contributed by atoms with Crippen molar-refractivity contribution in [1.29, 1.82) is 0 Å². The highest BCUT2D eigenvalue weighted by atomic mass is 15.0. The molecule has 0 N–H and O–H groups in total. The molecule has 8 aromatic rings. The standard InChI is InChI=1S/C36H24N4/c1-2-10-26(11-3-1)35-31(24-39-21-9-8-16-34(35)39)36-37-22-27(23-38-36)25-17-19-28(20-18-25)40-32-14-6-4-12-29(32)30-13-5-7-15-33(30)40/h1-24H. The monoisotopic (exact) mass is 512 g/mol. The molecule has 0 unspecified atom stereocenters. The quantitative estimate of drug-likeness (QED) is 0.236. The Bertz CT molecular complexity index is 2080. The lowest BCUT2D eigenvalue weighted by atomic mass is 10.0. The minimum Gasteiger partial charge on any atom is -0.322 e. The first-order valence-corrected chi connectivity index (χ1v) is 13.4. The highest BCUT2D eigenvalue weighted by molar-refractivity contribution is 6.09. The lowest BCUT2D eigenvalue weighted by molar-refractivity contribution is 1.16. The molecule has 188 valence electrons. The molecule has 4 heteroatoms. The van der Waals surface area contributed by atoms with Crippen LogP contribution in [0, 0.1) is 0 Å². The summed E-state index contributed by atoms with van der Waals surface area (Å²) in [6, 6.07) is 42.5. The van der Waals surface area contributed by atoms with Crippen molar-refractivity contribution in [2.75, 3.05) is 0 Å². The molecule has 0 aliphatic rings. The minimum absolute atomic E-state index is 0.716. The van der Waals surface area contributed by atoms with Crippen LogP contribution in [0.25, 0.3) is 66.7 Å². The first-order chi connectivity index (χ1) is 19.8. The van der Waals surface area contributed by atoms with Gasteiger partial charge in [-0.1, -0.05) is 84.9 Å². The molecule has 0 radical (unpaired) electrons. The Kier molecular flexibility index (Phi) is 5.10. The summed E-state index contributed by atoms with van der Waals surface area (Å²) < 4.78 is 4.47. The first-order valence-electron chi connectivity index (χ1n) is 13.4. The molecule has 0 saturated heterocycles. The average Bonchev–Trinajstić information content (AvgIpc) is 3.58. The normalized spacial score (nSPS) is 11.5. The third-order valence-corrected chi connectivity index (χ3v) is 7.68. The molecule has 0 fully saturated rings. The van der Waals surface area contributed by atoms with E-state index in [1.807, 2.05) is 24.5 Å². The van der Waals surface area contributed by atoms with Gasteiger partial charge in [0.2, 0.25) is 0 Å². The largest absolute Gasteiger partial charge is 0.322 e. The molecule has 4 nitrogen and oxygen atoms in total. The van der Waals surface area contributed by atoms with E-state index >= 15 is 0 Å². The fourth-order valence-corrected chi connectivity index (χ4v) is 5.82. The van der Waals surface area contributed by atoms with Crippen LogP contribution in [0.3, 0.4) is 0 Å². The number of aromatic nitrogens is 4. The summed E-state index contributed by atoms with van der Waals surface area (Å²) in [5.41, 5.74) is 10.1. The molecule has 0 bridgehead atoms. The summed E-state index contributed by atoms with van der Waals surface area (Å²) in [6.07, 6.45) is 8.04. The Morgan fingerprint density at radius 3 is 1.77 bits per heavy atom. The van der Waals surface area contributed by atoms with Crippen LogP contribution in [0.2, 0.25) is 0 Å². The zero-order valence-corrected chi connectivity index (χ0v) is 21.6. The zero-order chi connectivity index (χ0) is 26.5. The third kappa shape index (κ3) is 3.54. The number of hydrogen-bond acceptors (Lipinski definition) is 2. The van der Waals surface area contributed by atoms with Crippen molar-refractivity contribution in [3.8, 4) is 39.3 Å². The number of hydrogen-bond donors (Lipinski definition) is 0. The zero-order valence-electron chi connectivity index (χ0n) is 21.6. The van der Waals surface area contributed by atoms with Gasteiger partial charge >= 0.3 is 0 Å². The summed E-state index contributed by atoms with van der Waals surface area (Å²) in [5.74, 6) is 0.716. The van der Waals surface area contributed by atoms with Crippen molar-refractivity contribution in [3.05, 3.63) is 146 Å². The number of nitrogens with zero attached hydrogens (tertiary/aromatic N) is 4. The number of pyridine rings is 1. The average molecular weight is 513 g/mol. The minimum atomic E-state index is 0.716. The highest BCUT2D eigenvalue weighted by Crippen LogP contribution is 2.36. The van der Waals surface area contributed by atoms with Gasteiger partial charge in [-0.3, -0.25) is 0 Å². The molecule has 0 saturated carbocycles. The second kappa shape index (κ2) is 9.07. The van der Waals surface area contributed by atoms with Crippen LogP contribution in [0.5, 0.6) is 0 Å². The van der Waals surface area contributed by atoms with Crippen LogP contribution < -0.4 is 0 Å². The van der Waals surface area contributed by atoms with Crippen molar-refractivity contribution in [2.24, 2.45) is 0 Å². The Morgan fingerprint density at radius 2 is 1.07 bits per heavy atom. The summed E-state index contributed by atoms with van der Waals surface area (Å²) in [6.45, 7) is 0. The van der Waals surface area contributed by atoms with Crippen molar-refractivity contribution in [3.63, 3.8) is 0 Å². The summed E-state index contributed by atoms with van der Waals surface area (Å²) in [7, 11) is 0. The van der Waals surface area contributed by atoms with E-state index in [0.29, 0.717) is 5.82 Å². The van der Waals surface area contributed by atoms with Crippen LogP contribution in [-0.2, 0) is 0 Å². The predicted molar refractivity (Wildman–Crippen MR) is 164 cm³/mol. The first kappa shape index (κ1) is 22.5. The van der Waals surface area contributed by atoms with Crippen molar-refractivity contribution >= 4 is 27.3 Å². The van der Waals surface area contributed by atoms with E-state index in [1.54, 1.807) is 0 Å². The smallest absolute Gasteiger partial charge is 0.161 e. The van der Waals surface area contributed by atoms with Gasteiger partial charge in [-0.2, -0.15) is 0 Å². The molecule has 4 aromatic heterocycles. The van der Waals surface area contributed by atoms with Crippen molar-refractivity contribution in [2.45, 2.75) is 0 Å². The van der Waals surface area contributed by atoms with Crippen molar-refractivity contribution < 1.29 is 0 Å². The van der Waals surface area contributed by atoms with Gasteiger partial charge < -0.3 is 8.97 Å². The molecule has 8 rings (SSSR count). The summed E-state index contributed by atoms with van der Waals surface area (Å²) in [5, 5.41) is 2.53. The SMILES string of the molecule is c1ccc(-c2c(-c3ncc(-c4ccc(-n5c6ccccc6c6ccccc65)cc4)cn3)cn3ccccc23)cc1.